The van der Waals surface area contributed by atoms with Gasteiger partial charge in [0, 0.05) is 39.0 Å². The van der Waals surface area contributed by atoms with Crippen LogP contribution in [-0.4, -0.2) is 63.4 Å². The highest BCUT2D eigenvalue weighted by Gasteiger charge is 2.32. The van der Waals surface area contributed by atoms with Crippen molar-refractivity contribution in [3.8, 4) is 0 Å². The molecule has 27 heavy (non-hydrogen) atoms. The highest BCUT2D eigenvalue weighted by atomic mass is 16.2. The number of aromatic nitrogens is 2. The number of imide groups is 1. The number of hydrogen-bond acceptors (Lipinski definition) is 4. The summed E-state index contributed by atoms with van der Waals surface area (Å²) in [4.78, 5) is 44.0. The van der Waals surface area contributed by atoms with E-state index in [1.807, 2.05) is 31.3 Å². The topological polar surface area (TPSA) is 87.5 Å². The molecule has 8 heteroatoms. The van der Waals surface area contributed by atoms with Crippen molar-refractivity contribution in [3.63, 3.8) is 0 Å². The first-order valence-corrected chi connectivity index (χ1v) is 9.32. The molecule has 4 rings (SSSR count). The number of urea groups is 1. The number of rotatable bonds is 3. The maximum absolute atomic E-state index is 12.7. The number of piperidine rings is 1. The number of nitrogens with zero attached hydrogens (tertiary/aromatic N) is 4. The van der Waals surface area contributed by atoms with Crippen LogP contribution in [0.5, 0.6) is 0 Å². The molecule has 1 N–H and O–H groups in total. The van der Waals surface area contributed by atoms with E-state index in [9.17, 15) is 14.4 Å². The second kappa shape index (κ2) is 7.02. The molecular formula is C19H23N5O3. The van der Waals surface area contributed by atoms with E-state index in [2.05, 4.69) is 9.88 Å². The molecule has 2 fully saturated rings. The predicted octanol–water partition coefficient (Wildman–Crippen LogP) is 1.22. The van der Waals surface area contributed by atoms with Crippen LogP contribution in [0.3, 0.4) is 0 Å². The molecule has 0 radical (unpaired) electrons. The largest absolute Gasteiger partial charge is 0.340 e. The van der Waals surface area contributed by atoms with Crippen molar-refractivity contribution in [2.45, 2.75) is 25.2 Å². The Hall–Kier alpha value is -2.90. The van der Waals surface area contributed by atoms with Crippen LogP contribution in [0.25, 0.3) is 11.0 Å². The van der Waals surface area contributed by atoms with Crippen molar-refractivity contribution in [2.24, 2.45) is 7.05 Å². The second-order valence-corrected chi connectivity index (χ2v) is 7.16. The third kappa shape index (κ3) is 3.27. The number of likely N-dealkylation sites (tertiary alicyclic amines) is 1. The molecule has 2 saturated heterocycles. The Morgan fingerprint density at radius 3 is 2.89 bits per heavy atom. The average molecular weight is 369 g/mol. The molecule has 8 nitrogen and oxygen atoms in total. The fourth-order valence-electron chi connectivity index (χ4n) is 3.96. The zero-order chi connectivity index (χ0) is 19.0. The summed E-state index contributed by atoms with van der Waals surface area (Å²) in [7, 11) is 2.00. The Balaban J connectivity index is 1.49. The monoisotopic (exact) mass is 369 g/mol. The van der Waals surface area contributed by atoms with Crippen LogP contribution in [0.4, 0.5) is 4.79 Å². The number of fused-ring (bicyclic) bond motifs is 1. The van der Waals surface area contributed by atoms with Gasteiger partial charge >= 0.3 is 6.03 Å². The maximum Gasteiger partial charge on any atom is 0.324 e. The minimum Gasteiger partial charge on any atom is -0.340 e. The number of para-hydroxylation sites is 2. The van der Waals surface area contributed by atoms with Crippen molar-refractivity contribution < 1.29 is 14.4 Å². The zero-order valence-electron chi connectivity index (χ0n) is 15.4. The van der Waals surface area contributed by atoms with Crippen LogP contribution in [-0.2, 0) is 16.6 Å². The number of aryl methyl sites for hydroxylation is 1. The molecule has 0 spiro atoms. The van der Waals surface area contributed by atoms with E-state index in [0.29, 0.717) is 19.6 Å². The van der Waals surface area contributed by atoms with Gasteiger partial charge in [-0.25, -0.2) is 9.78 Å². The molecule has 142 valence electrons. The number of hydrogen-bond donors (Lipinski definition) is 1. The van der Waals surface area contributed by atoms with Crippen molar-refractivity contribution in [1.82, 2.24) is 24.7 Å². The second-order valence-electron chi connectivity index (χ2n) is 7.16. The zero-order valence-corrected chi connectivity index (χ0v) is 15.4. The van der Waals surface area contributed by atoms with Gasteiger partial charge in [-0.1, -0.05) is 12.1 Å². The summed E-state index contributed by atoms with van der Waals surface area (Å²) in [6.07, 6.45) is 2.07. The van der Waals surface area contributed by atoms with Gasteiger partial charge < -0.3 is 14.8 Å². The normalized spacial score (nSPS) is 20.9. The number of carbonyl (C=O) groups is 3. The molecular weight excluding hydrogens is 346 g/mol. The number of carbonyl (C=O) groups excluding carboxylic acids is 3. The van der Waals surface area contributed by atoms with Gasteiger partial charge in [-0.2, -0.15) is 0 Å². The predicted molar refractivity (Wildman–Crippen MR) is 99.0 cm³/mol. The first kappa shape index (κ1) is 17.5. The summed E-state index contributed by atoms with van der Waals surface area (Å²) in [5, 5.41) is 2.61. The van der Waals surface area contributed by atoms with Crippen molar-refractivity contribution >= 4 is 28.9 Å². The minimum atomic E-state index is -0.483. The molecule has 0 aliphatic carbocycles. The first-order chi connectivity index (χ1) is 13.0. The van der Waals surface area contributed by atoms with Crippen LogP contribution in [0.1, 0.15) is 31.0 Å². The molecule has 0 bridgehead atoms. The van der Waals surface area contributed by atoms with Gasteiger partial charge in [-0.05, 0) is 25.0 Å². The SMILES string of the molecule is Cn1c(C2CCCN(C(=O)CN3C(=O)CCNC3=O)C2)nc2ccccc21. The van der Waals surface area contributed by atoms with Crippen LogP contribution in [0.2, 0.25) is 0 Å². The Morgan fingerprint density at radius 2 is 2.11 bits per heavy atom. The van der Waals surface area contributed by atoms with Crippen LogP contribution < -0.4 is 5.32 Å². The van der Waals surface area contributed by atoms with E-state index in [1.54, 1.807) is 4.90 Å². The lowest BCUT2D eigenvalue weighted by molar-refractivity contribution is -0.139. The summed E-state index contributed by atoms with van der Waals surface area (Å²) in [6.45, 7) is 1.34. The number of imidazole rings is 1. The summed E-state index contributed by atoms with van der Waals surface area (Å²) in [6, 6.07) is 7.51. The molecule has 2 aliphatic heterocycles. The van der Waals surface area contributed by atoms with E-state index < -0.39 is 6.03 Å². The molecule has 1 atom stereocenters. The lowest BCUT2D eigenvalue weighted by Gasteiger charge is -2.34. The van der Waals surface area contributed by atoms with Crippen molar-refractivity contribution in [1.29, 1.82) is 0 Å². The Labute approximate surface area is 157 Å². The summed E-state index contributed by atoms with van der Waals surface area (Å²) < 4.78 is 2.09. The molecule has 2 aromatic rings. The van der Waals surface area contributed by atoms with E-state index in [0.717, 1.165) is 34.6 Å². The third-order valence-electron chi connectivity index (χ3n) is 5.42. The highest BCUT2D eigenvalue weighted by Crippen LogP contribution is 2.28. The third-order valence-corrected chi connectivity index (χ3v) is 5.42. The molecule has 3 heterocycles. The molecule has 1 aromatic heterocycles. The standard InChI is InChI=1S/C19H23N5O3/c1-22-15-7-3-2-6-14(15)21-18(22)13-5-4-10-23(11-13)17(26)12-24-16(25)8-9-20-19(24)27/h2-3,6-7,13H,4-5,8-12H2,1H3,(H,20,27). The van der Waals surface area contributed by atoms with Gasteiger partial charge in [-0.3, -0.25) is 14.5 Å². The van der Waals surface area contributed by atoms with Crippen LogP contribution in [0.15, 0.2) is 24.3 Å². The summed E-state index contributed by atoms with van der Waals surface area (Å²) in [5.41, 5.74) is 2.03. The van der Waals surface area contributed by atoms with E-state index in [1.165, 1.54) is 0 Å². The van der Waals surface area contributed by atoms with Gasteiger partial charge in [0.2, 0.25) is 11.8 Å². The molecule has 2 aliphatic rings. The van der Waals surface area contributed by atoms with Gasteiger partial charge in [-0.15, -0.1) is 0 Å². The summed E-state index contributed by atoms with van der Waals surface area (Å²) >= 11 is 0. The fourth-order valence-corrected chi connectivity index (χ4v) is 3.96. The number of amides is 4. The lowest BCUT2D eigenvalue weighted by atomic mass is 9.97. The van der Waals surface area contributed by atoms with Crippen molar-refractivity contribution in [3.05, 3.63) is 30.1 Å². The van der Waals surface area contributed by atoms with Gasteiger partial charge in [0.15, 0.2) is 0 Å². The van der Waals surface area contributed by atoms with Gasteiger partial charge in [0.25, 0.3) is 0 Å². The molecule has 4 amide bonds. The smallest absolute Gasteiger partial charge is 0.324 e. The van der Waals surface area contributed by atoms with E-state index in [4.69, 9.17) is 4.98 Å². The number of benzene rings is 1. The Morgan fingerprint density at radius 1 is 1.30 bits per heavy atom. The average Bonchev–Trinajstić information content (AvgIpc) is 3.02. The molecule has 0 saturated carbocycles. The molecule has 1 unspecified atom stereocenters. The molecule has 1 aromatic carbocycles. The highest BCUT2D eigenvalue weighted by molar-refractivity contribution is 6.00. The first-order valence-electron chi connectivity index (χ1n) is 9.32. The quantitative estimate of drug-likeness (QED) is 0.881. The number of nitrogens with one attached hydrogen (secondary N) is 1. The van der Waals surface area contributed by atoms with Gasteiger partial charge in [0.1, 0.15) is 12.4 Å². The fraction of sp³-hybridized carbons (Fsp3) is 0.474. The lowest BCUT2D eigenvalue weighted by Crippen LogP contribution is -2.54. The maximum atomic E-state index is 12.7. The van der Waals surface area contributed by atoms with Crippen LogP contribution in [0, 0.1) is 0 Å². The van der Waals surface area contributed by atoms with Crippen LogP contribution >= 0.6 is 0 Å². The van der Waals surface area contributed by atoms with E-state index >= 15 is 0 Å². The van der Waals surface area contributed by atoms with Gasteiger partial charge in [0.05, 0.1) is 11.0 Å². The Bertz CT molecular complexity index is 890. The van der Waals surface area contributed by atoms with Crippen molar-refractivity contribution in [2.75, 3.05) is 26.2 Å². The van der Waals surface area contributed by atoms with E-state index in [-0.39, 0.29) is 30.7 Å². The minimum absolute atomic E-state index is 0.144. The summed E-state index contributed by atoms with van der Waals surface area (Å²) in [5.74, 6) is 0.631. The Kier molecular flexibility index (Phi) is 4.55.